The van der Waals surface area contributed by atoms with Crippen LogP contribution in [0.15, 0.2) is 35.4 Å². The van der Waals surface area contributed by atoms with Crippen LogP contribution in [0, 0.1) is 6.92 Å². The van der Waals surface area contributed by atoms with Gasteiger partial charge in [0.15, 0.2) is 11.5 Å². The van der Waals surface area contributed by atoms with E-state index in [1.54, 1.807) is 30.3 Å². The predicted octanol–water partition coefficient (Wildman–Crippen LogP) is 3.93. The Kier molecular flexibility index (Phi) is 9.14. The van der Waals surface area contributed by atoms with Crippen LogP contribution in [0.4, 0.5) is 5.69 Å². The Balaban J connectivity index is 1.82. The van der Waals surface area contributed by atoms with E-state index in [-0.39, 0.29) is 24.7 Å². The summed E-state index contributed by atoms with van der Waals surface area (Å²) >= 11 is 6.05. The Morgan fingerprint density at radius 1 is 1.03 bits per heavy atom. The molecule has 0 unspecified atom stereocenters. The molecule has 0 fully saturated rings. The molecule has 0 aliphatic heterocycles. The second-order valence-corrected chi connectivity index (χ2v) is 6.97. The third-order valence-corrected chi connectivity index (χ3v) is 4.85. The molecule has 0 saturated carbocycles. The predicted molar refractivity (Wildman–Crippen MR) is 121 cm³/mol. The van der Waals surface area contributed by atoms with Crippen molar-refractivity contribution in [3.63, 3.8) is 0 Å². The summed E-state index contributed by atoms with van der Waals surface area (Å²) in [6.07, 6.45) is 2.22. The molecule has 0 spiro atoms. The molecular weight excluding hydrogens is 422 g/mol. The van der Waals surface area contributed by atoms with Crippen LogP contribution in [0.25, 0.3) is 0 Å². The second-order valence-electron chi connectivity index (χ2n) is 6.57. The van der Waals surface area contributed by atoms with Crippen LogP contribution in [-0.2, 0) is 9.59 Å². The third-order valence-electron chi connectivity index (χ3n) is 4.44. The van der Waals surface area contributed by atoms with Crippen molar-refractivity contribution in [2.45, 2.75) is 26.2 Å². The van der Waals surface area contributed by atoms with Crippen molar-refractivity contribution in [1.29, 1.82) is 0 Å². The summed E-state index contributed by atoms with van der Waals surface area (Å²) in [7, 11) is 4.55. The standard InChI is InChI=1S/C22H26ClN3O5/c1-14-16(23)7-5-8-17(14)25-20(27)9-6-10-21(28)26-24-13-15-11-18(29-2)22(31-4)19(12-15)30-3/h5,7-8,11-13H,6,9-10H2,1-4H3,(H,25,27)(H,26,28)/b24-13-. The zero-order valence-corrected chi connectivity index (χ0v) is 18.7. The minimum atomic E-state index is -0.296. The van der Waals surface area contributed by atoms with Gasteiger partial charge >= 0.3 is 0 Å². The number of nitrogens with zero attached hydrogens (tertiary/aromatic N) is 1. The highest BCUT2D eigenvalue weighted by atomic mass is 35.5. The molecule has 0 aliphatic carbocycles. The summed E-state index contributed by atoms with van der Waals surface area (Å²) in [5.74, 6) is 0.957. The Morgan fingerprint density at radius 2 is 1.68 bits per heavy atom. The molecular formula is C22H26ClN3O5. The molecule has 2 aromatic rings. The summed E-state index contributed by atoms with van der Waals surface area (Å²) in [4.78, 5) is 24.1. The first kappa shape index (κ1) is 24.0. The van der Waals surface area contributed by atoms with Gasteiger partial charge in [0.25, 0.3) is 0 Å². The number of halogens is 1. The number of anilines is 1. The Bertz CT molecular complexity index is 937. The number of hydrogen-bond acceptors (Lipinski definition) is 6. The number of methoxy groups -OCH3 is 3. The van der Waals surface area contributed by atoms with Gasteiger partial charge in [-0.1, -0.05) is 17.7 Å². The van der Waals surface area contributed by atoms with Crippen molar-refractivity contribution in [2.24, 2.45) is 5.10 Å². The van der Waals surface area contributed by atoms with Gasteiger partial charge in [0.2, 0.25) is 17.6 Å². The van der Waals surface area contributed by atoms with E-state index in [1.807, 2.05) is 6.92 Å². The molecule has 2 aromatic carbocycles. The average molecular weight is 448 g/mol. The van der Waals surface area contributed by atoms with E-state index in [0.29, 0.717) is 39.9 Å². The van der Waals surface area contributed by atoms with E-state index in [9.17, 15) is 9.59 Å². The number of amides is 2. The molecule has 2 amide bonds. The first-order valence-electron chi connectivity index (χ1n) is 9.56. The first-order chi connectivity index (χ1) is 14.9. The average Bonchev–Trinajstić information content (AvgIpc) is 2.76. The number of rotatable bonds is 10. The van der Waals surface area contributed by atoms with Crippen LogP contribution in [0.5, 0.6) is 17.2 Å². The van der Waals surface area contributed by atoms with E-state index < -0.39 is 0 Å². The van der Waals surface area contributed by atoms with Gasteiger partial charge in [-0.25, -0.2) is 5.43 Å². The van der Waals surface area contributed by atoms with Crippen molar-refractivity contribution in [3.05, 3.63) is 46.5 Å². The van der Waals surface area contributed by atoms with Crippen LogP contribution in [0.3, 0.4) is 0 Å². The number of benzene rings is 2. The Labute approximate surface area is 186 Å². The molecule has 166 valence electrons. The summed E-state index contributed by atoms with van der Waals surface area (Å²) in [5, 5.41) is 7.33. The van der Waals surface area contributed by atoms with Crippen molar-refractivity contribution in [1.82, 2.24) is 5.43 Å². The fraction of sp³-hybridized carbons (Fsp3) is 0.318. The smallest absolute Gasteiger partial charge is 0.240 e. The van der Waals surface area contributed by atoms with Crippen molar-refractivity contribution in [3.8, 4) is 17.2 Å². The summed E-state index contributed by atoms with van der Waals surface area (Å²) in [6, 6.07) is 8.72. The molecule has 0 saturated heterocycles. The molecule has 0 aromatic heterocycles. The lowest BCUT2D eigenvalue weighted by Gasteiger charge is -2.12. The first-order valence-corrected chi connectivity index (χ1v) is 9.94. The lowest BCUT2D eigenvalue weighted by atomic mass is 10.2. The second kappa shape index (κ2) is 11.8. The van der Waals surface area contributed by atoms with Crippen LogP contribution in [-0.4, -0.2) is 39.4 Å². The molecule has 9 heteroatoms. The Morgan fingerprint density at radius 3 is 2.29 bits per heavy atom. The molecule has 0 heterocycles. The van der Waals surface area contributed by atoms with E-state index in [4.69, 9.17) is 25.8 Å². The molecule has 0 radical (unpaired) electrons. The van der Waals surface area contributed by atoms with Gasteiger partial charge < -0.3 is 19.5 Å². The number of ether oxygens (including phenoxy) is 3. The number of hydrogen-bond donors (Lipinski definition) is 2. The van der Waals surface area contributed by atoms with Crippen LogP contribution in [0.2, 0.25) is 5.02 Å². The maximum atomic E-state index is 12.1. The van der Waals surface area contributed by atoms with Gasteiger partial charge in [0.05, 0.1) is 27.5 Å². The van der Waals surface area contributed by atoms with Gasteiger partial charge in [0, 0.05) is 29.1 Å². The number of carbonyl (C=O) groups excluding carboxylic acids is 2. The van der Waals surface area contributed by atoms with E-state index >= 15 is 0 Å². The Hall–Kier alpha value is -3.26. The quantitative estimate of drug-likeness (QED) is 0.424. The van der Waals surface area contributed by atoms with Gasteiger partial charge in [-0.3, -0.25) is 9.59 Å². The number of hydrazone groups is 1. The van der Waals surface area contributed by atoms with Crippen LogP contribution in [0.1, 0.15) is 30.4 Å². The lowest BCUT2D eigenvalue weighted by Crippen LogP contribution is -2.18. The van der Waals surface area contributed by atoms with Gasteiger partial charge in [-0.2, -0.15) is 5.10 Å². The zero-order chi connectivity index (χ0) is 22.8. The summed E-state index contributed by atoms with van der Waals surface area (Å²) in [6.45, 7) is 1.83. The zero-order valence-electron chi connectivity index (χ0n) is 18.0. The fourth-order valence-electron chi connectivity index (χ4n) is 2.78. The molecule has 0 atom stereocenters. The van der Waals surface area contributed by atoms with E-state index in [2.05, 4.69) is 15.8 Å². The monoisotopic (exact) mass is 447 g/mol. The van der Waals surface area contributed by atoms with Crippen molar-refractivity contribution in [2.75, 3.05) is 26.6 Å². The van der Waals surface area contributed by atoms with E-state index in [0.717, 1.165) is 5.56 Å². The van der Waals surface area contributed by atoms with Gasteiger partial charge in [0.1, 0.15) is 0 Å². The lowest BCUT2D eigenvalue weighted by molar-refractivity contribution is -0.121. The number of carbonyl (C=O) groups is 2. The maximum absolute atomic E-state index is 12.1. The third kappa shape index (κ3) is 6.89. The summed E-state index contributed by atoms with van der Waals surface area (Å²) in [5.41, 5.74) is 4.57. The van der Waals surface area contributed by atoms with Crippen molar-refractivity contribution < 1.29 is 23.8 Å². The molecule has 2 rings (SSSR count). The number of nitrogens with one attached hydrogen (secondary N) is 2. The largest absolute Gasteiger partial charge is 0.493 e. The molecule has 31 heavy (non-hydrogen) atoms. The SMILES string of the molecule is COc1cc(/C=N\NC(=O)CCCC(=O)Nc2cccc(Cl)c2C)cc(OC)c1OC. The molecule has 2 N–H and O–H groups in total. The maximum Gasteiger partial charge on any atom is 0.240 e. The van der Waals surface area contributed by atoms with Crippen LogP contribution >= 0.6 is 11.6 Å². The van der Waals surface area contributed by atoms with Gasteiger partial charge in [-0.05, 0) is 43.2 Å². The summed E-state index contributed by atoms with van der Waals surface area (Å²) < 4.78 is 15.8. The topological polar surface area (TPSA) is 98.2 Å². The van der Waals surface area contributed by atoms with Crippen molar-refractivity contribution >= 4 is 35.3 Å². The molecule has 0 aliphatic rings. The minimum absolute atomic E-state index is 0.161. The normalized spacial score (nSPS) is 10.6. The molecule has 8 nitrogen and oxygen atoms in total. The van der Waals surface area contributed by atoms with Crippen LogP contribution < -0.4 is 25.0 Å². The van der Waals surface area contributed by atoms with E-state index in [1.165, 1.54) is 27.5 Å². The molecule has 0 bridgehead atoms. The minimum Gasteiger partial charge on any atom is -0.493 e. The highest BCUT2D eigenvalue weighted by Crippen LogP contribution is 2.37. The highest BCUT2D eigenvalue weighted by molar-refractivity contribution is 6.31. The highest BCUT2D eigenvalue weighted by Gasteiger charge is 2.12. The fourth-order valence-corrected chi connectivity index (χ4v) is 2.95. The van der Waals surface area contributed by atoms with Gasteiger partial charge in [-0.15, -0.1) is 0 Å².